The van der Waals surface area contributed by atoms with Crippen molar-refractivity contribution < 1.29 is 13.9 Å². The zero-order valence-corrected chi connectivity index (χ0v) is 29.5. The van der Waals surface area contributed by atoms with Crippen LogP contribution in [0.3, 0.4) is 0 Å². The molecular weight excluding hydrogens is 672 g/mol. The van der Waals surface area contributed by atoms with Gasteiger partial charge in [0.1, 0.15) is 27.7 Å². The second kappa shape index (κ2) is 13.2. The monoisotopic (exact) mass is 708 g/mol. The van der Waals surface area contributed by atoms with Crippen LogP contribution in [-0.4, -0.2) is 43.4 Å². The van der Waals surface area contributed by atoms with Crippen LogP contribution in [0.5, 0.6) is 0 Å². The number of fused-ring (bicyclic) bond motifs is 5. The van der Waals surface area contributed by atoms with E-state index in [2.05, 4.69) is 41.7 Å². The number of nitrogens with zero attached hydrogens (tertiary/aromatic N) is 5. The lowest BCUT2D eigenvalue weighted by Gasteiger charge is -2.47. The van der Waals surface area contributed by atoms with Crippen LogP contribution >= 0.6 is 11.3 Å². The van der Waals surface area contributed by atoms with Gasteiger partial charge in [-0.2, -0.15) is 5.10 Å². The predicted octanol–water partition coefficient (Wildman–Crippen LogP) is 8.86. The highest BCUT2D eigenvalue weighted by Crippen LogP contribution is 2.48. The van der Waals surface area contributed by atoms with Crippen LogP contribution in [0, 0.1) is 23.6 Å². The minimum absolute atomic E-state index is 0.118. The first-order chi connectivity index (χ1) is 25.6. The van der Waals surface area contributed by atoms with Gasteiger partial charge in [-0.3, -0.25) is 4.79 Å². The number of rotatable bonds is 9. The molecule has 3 aromatic carbocycles. The Morgan fingerprint density at radius 1 is 0.865 bits per heavy atom. The first kappa shape index (κ1) is 32.4. The van der Waals surface area contributed by atoms with Crippen LogP contribution in [0.25, 0.3) is 32.8 Å². The van der Waals surface area contributed by atoms with Gasteiger partial charge in [-0.25, -0.2) is 24.0 Å². The third kappa shape index (κ3) is 5.27. The SMILES string of the molecule is CCOC(=O)[C@H]1C2CCC(CC2)[C@@H]1Nc1nc(-c2nn(C(c3ccccc3)(c3ccccc3)c3ccccc3)c3ncc(F)cc23)nc2sccc12. The average Bonchev–Trinajstić information content (AvgIpc) is 3.82. The highest BCUT2D eigenvalue weighted by Gasteiger charge is 2.48. The molecule has 0 spiro atoms. The number of halogens is 1. The van der Waals surface area contributed by atoms with Crippen molar-refractivity contribution in [3.05, 3.63) is 137 Å². The Kier molecular flexibility index (Phi) is 8.26. The van der Waals surface area contributed by atoms with Gasteiger partial charge in [0.05, 0.1) is 29.5 Å². The van der Waals surface area contributed by atoms with Crippen molar-refractivity contribution in [1.29, 1.82) is 0 Å². The second-order valence-electron chi connectivity index (χ2n) is 13.8. The fourth-order valence-corrected chi connectivity index (χ4v) is 9.51. The highest BCUT2D eigenvalue weighted by molar-refractivity contribution is 7.16. The molecule has 0 unspecified atom stereocenters. The zero-order chi connectivity index (χ0) is 35.2. The van der Waals surface area contributed by atoms with Crippen molar-refractivity contribution in [3.63, 3.8) is 0 Å². The summed E-state index contributed by atoms with van der Waals surface area (Å²) < 4.78 is 22.8. The molecule has 8 nitrogen and oxygen atoms in total. The zero-order valence-electron chi connectivity index (χ0n) is 28.7. The Labute approximate surface area is 304 Å². The minimum Gasteiger partial charge on any atom is -0.466 e. The van der Waals surface area contributed by atoms with Gasteiger partial charge in [-0.15, -0.1) is 11.3 Å². The van der Waals surface area contributed by atoms with Crippen LogP contribution < -0.4 is 5.32 Å². The summed E-state index contributed by atoms with van der Waals surface area (Å²) in [6, 6.07) is 34.0. The quantitative estimate of drug-likeness (QED) is 0.118. The number of esters is 1. The summed E-state index contributed by atoms with van der Waals surface area (Å²) in [6.45, 7) is 2.21. The van der Waals surface area contributed by atoms with Gasteiger partial charge < -0.3 is 10.1 Å². The summed E-state index contributed by atoms with van der Waals surface area (Å²) in [5, 5.41) is 12.5. The Balaban J connectivity index is 1.27. The number of hydrogen-bond acceptors (Lipinski definition) is 8. The first-order valence-electron chi connectivity index (χ1n) is 18.0. The van der Waals surface area contributed by atoms with Crippen LogP contribution in [0.1, 0.15) is 49.3 Å². The van der Waals surface area contributed by atoms with E-state index in [-0.39, 0.29) is 23.8 Å². The normalized spacial score (nSPS) is 20.0. The van der Waals surface area contributed by atoms with E-state index in [4.69, 9.17) is 24.8 Å². The summed E-state index contributed by atoms with van der Waals surface area (Å²) in [6.07, 6.45) is 5.42. The van der Waals surface area contributed by atoms with Crippen molar-refractivity contribution in [2.45, 2.75) is 44.2 Å². The summed E-state index contributed by atoms with van der Waals surface area (Å²) in [5.74, 6) is 0.719. The highest BCUT2D eigenvalue weighted by atomic mass is 32.1. The van der Waals surface area contributed by atoms with E-state index in [0.29, 0.717) is 40.9 Å². The number of carbonyl (C=O) groups excluding carboxylic acids is 1. The lowest BCUT2D eigenvalue weighted by Crippen LogP contribution is -2.52. The van der Waals surface area contributed by atoms with Crippen molar-refractivity contribution in [2.24, 2.45) is 17.8 Å². The van der Waals surface area contributed by atoms with E-state index in [0.717, 1.165) is 52.6 Å². The number of carbonyl (C=O) groups is 1. The largest absolute Gasteiger partial charge is 0.466 e. The van der Waals surface area contributed by atoms with Crippen molar-refractivity contribution >= 4 is 44.4 Å². The van der Waals surface area contributed by atoms with Crippen LogP contribution in [0.2, 0.25) is 0 Å². The summed E-state index contributed by atoms with van der Waals surface area (Å²) in [4.78, 5) is 29.1. The number of ether oxygens (including phenoxy) is 1. The molecule has 4 aromatic heterocycles. The third-order valence-corrected chi connectivity index (χ3v) is 11.8. The van der Waals surface area contributed by atoms with Gasteiger partial charge >= 0.3 is 5.97 Å². The molecule has 3 aliphatic rings. The van der Waals surface area contributed by atoms with Gasteiger partial charge in [-0.05, 0) is 78.6 Å². The minimum atomic E-state index is -0.993. The maximum absolute atomic E-state index is 15.3. The van der Waals surface area contributed by atoms with Crippen molar-refractivity contribution in [3.8, 4) is 11.5 Å². The molecule has 2 atom stereocenters. The maximum Gasteiger partial charge on any atom is 0.311 e. The molecule has 0 radical (unpaired) electrons. The molecule has 2 bridgehead atoms. The molecule has 1 N–H and O–H groups in total. The molecule has 0 aliphatic heterocycles. The van der Waals surface area contributed by atoms with Gasteiger partial charge in [0.2, 0.25) is 0 Å². The number of aromatic nitrogens is 5. The fraction of sp³-hybridized carbons (Fsp3) is 0.262. The van der Waals surface area contributed by atoms with Crippen LogP contribution in [0.15, 0.2) is 115 Å². The topological polar surface area (TPSA) is 94.8 Å². The van der Waals surface area contributed by atoms with Crippen molar-refractivity contribution in [1.82, 2.24) is 24.7 Å². The Morgan fingerprint density at radius 2 is 1.48 bits per heavy atom. The Morgan fingerprint density at radius 3 is 2.10 bits per heavy atom. The Hall–Kier alpha value is -5.48. The molecule has 7 aromatic rings. The molecular formula is C42H37FN6O2S. The van der Waals surface area contributed by atoms with Gasteiger partial charge in [0, 0.05) is 6.04 Å². The van der Waals surface area contributed by atoms with Crippen LogP contribution in [-0.2, 0) is 15.1 Å². The Bertz CT molecular complexity index is 2280. The number of benzene rings is 3. The molecule has 3 saturated carbocycles. The molecule has 0 amide bonds. The molecule has 10 heteroatoms. The molecule has 10 rings (SSSR count). The number of anilines is 1. The second-order valence-corrected chi connectivity index (χ2v) is 14.6. The van der Waals surface area contributed by atoms with E-state index >= 15 is 4.39 Å². The molecule has 3 fully saturated rings. The first-order valence-corrected chi connectivity index (χ1v) is 18.8. The molecule has 52 heavy (non-hydrogen) atoms. The van der Waals surface area contributed by atoms with Gasteiger partial charge in [-0.1, -0.05) is 91.0 Å². The molecule has 260 valence electrons. The fourth-order valence-electron chi connectivity index (χ4n) is 8.74. The maximum atomic E-state index is 15.3. The summed E-state index contributed by atoms with van der Waals surface area (Å²) in [5.41, 5.74) is 2.80. The van der Waals surface area contributed by atoms with E-state index in [1.165, 1.54) is 23.6 Å². The van der Waals surface area contributed by atoms with E-state index in [1.807, 2.05) is 77.6 Å². The predicted molar refractivity (Wildman–Crippen MR) is 201 cm³/mol. The number of pyridine rings is 1. The third-order valence-electron chi connectivity index (χ3n) is 11.0. The van der Waals surface area contributed by atoms with E-state index in [9.17, 15) is 4.79 Å². The van der Waals surface area contributed by atoms with Crippen LogP contribution in [0.4, 0.5) is 10.2 Å². The number of nitrogens with one attached hydrogen (secondary N) is 1. The number of hydrogen-bond donors (Lipinski definition) is 1. The lowest BCUT2D eigenvalue weighted by molar-refractivity contribution is -0.154. The average molecular weight is 709 g/mol. The molecule has 0 saturated heterocycles. The van der Waals surface area contributed by atoms with E-state index < -0.39 is 11.4 Å². The standard InChI is InChI=1S/C42H37FN6O2S/c1-2-51-41(50)34-26-18-20-27(21-19-26)35(34)45-37-32-22-23-52-40(32)47-38(46-37)36-33-24-31(43)25-44-39(33)49(48-36)42(28-12-6-3-7-13-28,29-14-8-4-9-15-29)30-16-10-5-11-17-30/h3-17,22-27,34-35H,2,18-21H2,1H3,(H,45,46,47)/t26?,27?,34-,35-/m0/s1. The molecule has 4 heterocycles. The smallest absolute Gasteiger partial charge is 0.311 e. The van der Waals surface area contributed by atoms with Gasteiger partial charge in [0.15, 0.2) is 11.5 Å². The van der Waals surface area contributed by atoms with E-state index in [1.54, 1.807) is 0 Å². The summed E-state index contributed by atoms with van der Waals surface area (Å²) >= 11 is 1.51. The molecule has 3 aliphatic carbocycles. The lowest BCUT2D eigenvalue weighted by atomic mass is 9.61. The number of thiophene rings is 1. The van der Waals surface area contributed by atoms with Crippen molar-refractivity contribution in [2.75, 3.05) is 11.9 Å². The summed E-state index contributed by atoms with van der Waals surface area (Å²) in [7, 11) is 0. The van der Waals surface area contributed by atoms with Gasteiger partial charge in [0.25, 0.3) is 0 Å².